The van der Waals surface area contributed by atoms with Crippen molar-refractivity contribution < 1.29 is 30.1 Å². The molecule has 1 aliphatic rings. The first kappa shape index (κ1) is 23.5. The molecule has 3 atom stereocenters. The molecule has 10 heteroatoms. The van der Waals surface area contributed by atoms with Gasteiger partial charge in [-0.05, 0) is 18.1 Å². The highest BCUT2D eigenvalue weighted by atomic mass is 16.6. The fourth-order valence-corrected chi connectivity index (χ4v) is 3.80. The number of carbonyl (C=O) groups is 1. The highest BCUT2D eigenvalue weighted by molar-refractivity contribution is 5.93. The van der Waals surface area contributed by atoms with Crippen LogP contribution in [0.5, 0.6) is 0 Å². The SMILES string of the molecule is NC1=C(N(CCO)CCO)C=CC(CCO)(C(=O)C(O)c2ccccc2)C1[N+](=O)[O-]. The van der Waals surface area contributed by atoms with Gasteiger partial charge in [-0.15, -0.1) is 0 Å². The van der Waals surface area contributed by atoms with Gasteiger partial charge in [0.2, 0.25) is 0 Å². The maximum Gasteiger partial charge on any atom is 0.270 e. The number of nitro groups is 1. The molecule has 0 saturated heterocycles. The molecule has 0 saturated carbocycles. The van der Waals surface area contributed by atoms with E-state index < -0.39 is 34.9 Å². The van der Waals surface area contributed by atoms with Gasteiger partial charge in [-0.3, -0.25) is 14.9 Å². The molecule has 10 nitrogen and oxygen atoms in total. The Kier molecular flexibility index (Phi) is 8.07. The summed E-state index contributed by atoms with van der Waals surface area (Å²) in [6, 6.07) is 6.26. The van der Waals surface area contributed by atoms with E-state index in [2.05, 4.69) is 0 Å². The zero-order chi connectivity index (χ0) is 22.3. The molecule has 6 N–H and O–H groups in total. The minimum atomic E-state index is -1.87. The number of hydrogen-bond acceptors (Lipinski definition) is 9. The van der Waals surface area contributed by atoms with Crippen molar-refractivity contribution in [2.45, 2.75) is 18.6 Å². The first-order chi connectivity index (χ1) is 14.3. The summed E-state index contributed by atoms with van der Waals surface area (Å²) in [5.74, 6) is -0.849. The van der Waals surface area contributed by atoms with Crippen molar-refractivity contribution in [3.05, 3.63) is 69.6 Å². The van der Waals surface area contributed by atoms with E-state index in [1.807, 2.05) is 0 Å². The number of allylic oxidation sites excluding steroid dienone is 1. The van der Waals surface area contributed by atoms with E-state index in [1.54, 1.807) is 18.2 Å². The second kappa shape index (κ2) is 10.3. The fraction of sp³-hybridized carbons (Fsp3) is 0.450. The summed E-state index contributed by atoms with van der Waals surface area (Å²) in [4.78, 5) is 26.1. The maximum atomic E-state index is 13.3. The molecule has 30 heavy (non-hydrogen) atoms. The lowest BCUT2D eigenvalue weighted by atomic mass is 9.68. The molecule has 0 spiro atoms. The Morgan fingerprint density at radius 3 is 2.27 bits per heavy atom. The van der Waals surface area contributed by atoms with Crippen LogP contribution in [0.1, 0.15) is 18.1 Å². The summed E-state index contributed by atoms with van der Waals surface area (Å²) >= 11 is 0. The third kappa shape index (κ3) is 4.51. The van der Waals surface area contributed by atoms with E-state index in [0.717, 1.165) is 0 Å². The van der Waals surface area contributed by atoms with Gasteiger partial charge >= 0.3 is 0 Å². The van der Waals surface area contributed by atoms with Gasteiger partial charge < -0.3 is 31.1 Å². The van der Waals surface area contributed by atoms with Crippen LogP contribution in [0.4, 0.5) is 0 Å². The standard InChI is InChI=1S/C20H27N3O7/c21-16-15(22(9-12-25)10-13-26)6-7-20(8-11-24,18(16)23(29)30)19(28)17(27)14-4-2-1-3-5-14/h1-7,17-18,24-27H,8-13,21H2. The lowest BCUT2D eigenvalue weighted by Gasteiger charge is -2.38. The molecule has 2 rings (SSSR count). The van der Waals surface area contributed by atoms with Crippen molar-refractivity contribution in [1.82, 2.24) is 4.90 Å². The van der Waals surface area contributed by atoms with Crippen molar-refractivity contribution in [2.24, 2.45) is 11.1 Å². The quantitative estimate of drug-likeness (QED) is 0.230. The Bertz CT molecular complexity index is 806. The number of ketones is 1. The van der Waals surface area contributed by atoms with Crippen LogP contribution >= 0.6 is 0 Å². The molecule has 1 aromatic rings. The van der Waals surface area contributed by atoms with Crippen LogP contribution in [-0.4, -0.2) is 75.0 Å². The van der Waals surface area contributed by atoms with Crippen molar-refractivity contribution in [3.63, 3.8) is 0 Å². The van der Waals surface area contributed by atoms with Crippen LogP contribution < -0.4 is 5.73 Å². The van der Waals surface area contributed by atoms with Crippen LogP contribution in [-0.2, 0) is 4.79 Å². The smallest absolute Gasteiger partial charge is 0.270 e. The summed E-state index contributed by atoms with van der Waals surface area (Å²) in [5.41, 5.74) is 4.49. The number of rotatable bonds is 11. The third-order valence-corrected chi connectivity index (χ3v) is 5.26. The monoisotopic (exact) mass is 421 g/mol. The Morgan fingerprint density at radius 1 is 1.17 bits per heavy atom. The third-order valence-electron chi connectivity index (χ3n) is 5.26. The lowest BCUT2D eigenvalue weighted by Crippen LogP contribution is -2.53. The molecule has 0 radical (unpaired) electrons. The molecule has 0 aliphatic heterocycles. The van der Waals surface area contributed by atoms with Gasteiger partial charge in [0.05, 0.1) is 18.9 Å². The minimum absolute atomic E-state index is 0.0684. The summed E-state index contributed by atoms with van der Waals surface area (Å²) in [7, 11) is 0. The van der Waals surface area contributed by atoms with Gasteiger partial charge in [0.15, 0.2) is 5.78 Å². The number of Topliss-reactive ketones (excluding diaryl/α,β-unsaturated/α-hetero) is 1. The van der Waals surface area contributed by atoms with E-state index in [-0.39, 0.29) is 49.7 Å². The second-order valence-corrected chi connectivity index (χ2v) is 6.99. The average molecular weight is 421 g/mol. The molecule has 0 heterocycles. The first-order valence-corrected chi connectivity index (χ1v) is 9.51. The molecule has 0 bridgehead atoms. The molecule has 1 aromatic carbocycles. The van der Waals surface area contributed by atoms with Crippen molar-refractivity contribution >= 4 is 5.78 Å². The van der Waals surface area contributed by atoms with Crippen molar-refractivity contribution in [3.8, 4) is 0 Å². The van der Waals surface area contributed by atoms with E-state index in [9.17, 15) is 35.3 Å². The van der Waals surface area contributed by atoms with E-state index in [0.29, 0.717) is 0 Å². The number of carbonyl (C=O) groups excluding carboxylic acids is 1. The Labute approximate surface area is 173 Å². The summed E-state index contributed by atoms with van der Waals surface area (Å²) < 4.78 is 0. The van der Waals surface area contributed by atoms with Gasteiger partial charge in [-0.1, -0.05) is 36.4 Å². The molecule has 0 fully saturated rings. The van der Waals surface area contributed by atoms with Crippen molar-refractivity contribution in [2.75, 3.05) is 32.9 Å². The number of aliphatic hydroxyl groups excluding tert-OH is 4. The highest BCUT2D eigenvalue weighted by Crippen LogP contribution is 2.42. The van der Waals surface area contributed by atoms with Gasteiger partial charge in [-0.2, -0.15) is 0 Å². The summed E-state index contributed by atoms with van der Waals surface area (Å²) in [6.45, 7) is -0.957. The summed E-state index contributed by atoms with van der Waals surface area (Å²) in [5, 5.41) is 50.8. The molecular weight excluding hydrogens is 394 g/mol. The van der Waals surface area contributed by atoms with Crippen LogP contribution in [0.2, 0.25) is 0 Å². The number of nitrogens with zero attached hydrogens (tertiary/aromatic N) is 2. The molecule has 0 amide bonds. The Hall–Kier alpha value is -2.79. The molecule has 0 aromatic heterocycles. The molecule has 3 unspecified atom stereocenters. The molecule has 1 aliphatic carbocycles. The normalized spacial score (nSPS) is 22.1. The van der Waals surface area contributed by atoms with E-state index >= 15 is 0 Å². The zero-order valence-corrected chi connectivity index (χ0v) is 16.4. The predicted octanol–water partition coefficient (Wildman–Crippen LogP) is -0.670. The van der Waals surface area contributed by atoms with Crippen LogP contribution in [0.25, 0.3) is 0 Å². The number of nitrogens with two attached hydrogens (primary N) is 1. The Balaban J connectivity index is 2.55. The van der Waals surface area contributed by atoms with Crippen LogP contribution in [0.15, 0.2) is 53.9 Å². The average Bonchev–Trinajstić information content (AvgIpc) is 2.73. The van der Waals surface area contributed by atoms with E-state index in [1.165, 1.54) is 29.2 Å². The first-order valence-electron chi connectivity index (χ1n) is 9.51. The fourth-order valence-electron chi connectivity index (χ4n) is 3.80. The van der Waals surface area contributed by atoms with Gasteiger partial charge in [0.1, 0.15) is 17.2 Å². The molecular formula is C20H27N3O7. The number of hydrogen-bond donors (Lipinski definition) is 5. The Morgan fingerprint density at radius 2 is 1.77 bits per heavy atom. The second-order valence-electron chi connectivity index (χ2n) is 6.99. The van der Waals surface area contributed by atoms with Gasteiger partial charge in [-0.25, -0.2) is 0 Å². The maximum absolute atomic E-state index is 13.3. The zero-order valence-electron chi connectivity index (χ0n) is 16.4. The van der Waals surface area contributed by atoms with Crippen LogP contribution in [0, 0.1) is 15.5 Å². The lowest BCUT2D eigenvalue weighted by molar-refractivity contribution is -0.526. The summed E-state index contributed by atoms with van der Waals surface area (Å²) in [6.07, 6.45) is 0.737. The van der Waals surface area contributed by atoms with Gasteiger partial charge in [0.25, 0.3) is 6.04 Å². The van der Waals surface area contributed by atoms with Crippen LogP contribution in [0.3, 0.4) is 0 Å². The van der Waals surface area contributed by atoms with Crippen molar-refractivity contribution in [1.29, 1.82) is 0 Å². The number of aliphatic hydroxyl groups is 4. The number of benzene rings is 1. The minimum Gasteiger partial charge on any atom is -0.396 e. The van der Waals surface area contributed by atoms with E-state index in [4.69, 9.17) is 5.73 Å². The van der Waals surface area contributed by atoms with Gasteiger partial charge in [0, 0.05) is 24.6 Å². The predicted molar refractivity (Wildman–Crippen MR) is 107 cm³/mol. The topological polar surface area (TPSA) is 170 Å². The highest BCUT2D eigenvalue weighted by Gasteiger charge is 2.56. The molecule has 164 valence electrons. The largest absolute Gasteiger partial charge is 0.396 e.